The topological polar surface area (TPSA) is 63.9 Å². The number of aryl methyl sites for hydroxylation is 2. The fraction of sp³-hybridized carbons (Fsp3) is 0.579. The first-order chi connectivity index (χ1) is 11.7. The van der Waals surface area contributed by atoms with Crippen molar-refractivity contribution in [3.8, 4) is 11.6 Å². The minimum atomic E-state index is 0.00363. The average Bonchev–Trinajstić information content (AvgIpc) is 3.12. The Kier molecular flexibility index (Phi) is 4.62. The Morgan fingerprint density at radius 3 is 2.68 bits per heavy atom. The molecule has 0 N–H and O–H groups in total. The number of fused-ring (bicyclic) bond motifs is 1. The number of anilines is 1. The van der Waals surface area contributed by atoms with Gasteiger partial charge in [0.15, 0.2) is 17.4 Å². The van der Waals surface area contributed by atoms with E-state index >= 15 is 0 Å². The molecule has 2 aromatic rings. The van der Waals surface area contributed by atoms with E-state index in [1.165, 1.54) is 5.56 Å². The molecule has 0 radical (unpaired) electrons. The molecule has 0 saturated heterocycles. The summed E-state index contributed by atoms with van der Waals surface area (Å²) in [6, 6.07) is 0. The van der Waals surface area contributed by atoms with Crippen molar-refractivity contribution < 1.29 is 4.79 Å². The van der Waals surface area contributed by atoms with Crippen molar-refractivity contribution in [2.24, 2.45) is 12.5 Å². The SMILES string of the molecule is CN(CC(=O)CC(C)(C)C)c1nc(-c2nccn2C)nc2c1CCC2. The molecule has 1 aliphatic carbocycles. The predicted molar refractivity (Wildman–Crippen MR) is 98.6 cm³/mol. The second-order valence-electron chi connectivity index (χ2n) is 8.14. The molecule has 6 nitrogen and oxygen atoms in total. The van der Waals surface area contributed by atoms with E-state index < -0.39 is 0 Å². The van der Waals surface area contributed by atoms with E-state index in [1.54, 1.807) is 6.20 Å². The van der Waals surface area contributed by atoms with E-state index in [9.17, 15) is 4.79 Å². The first-order valence-electron chi connectivity index (χ1n) is 8.85. The summed E-state index contributed by atoms with van der Waals surface area (Å²) < 4.78 is 1.92. The number of rotatable bonds is 5. The van der Waals surface area contributed by atoms with Crippen LogP contribution in [0, 0.1) is 5.41 Å². The molecule has 0 spiro atoms. The van der Waals surface area contributed by atoms with Gasteiger partial charge in [0.05, 0.1) is 6.54 Å². The zero-order valence-electron chi connectivity index (χ0n) is 15.8. The molecule has 3 rings (SSSR count). The highest BCUT2D eigenvalue weighted by molar-refractivity contribution is 5.84. The summed E-state index contributed by atoms with van der Waals surface area (Å²) in [5, 5.41) is 0. The maximum absolute atomic E-state index is 12.4. The van der Waals surface area contributed by atoms with Crippen LogP contribution in [-0.4, -0.2) is 38.9 Å². The molecular formula is C19H27N5O. The molecule has 0 amide bonds. The first-order valence-corrected chi connectivity index (χ1v) is 8.85. The van der Waals surface area contributed by atoms with Crippen LogP contribution in [0.1, 0.15) is 44.9 Å². The Morgan fingerprint density at radius 1 is 1.28 bits per heavy atom. The lowest BCUT2D eigenvalue weighted by atomic mass is 9.90. The number of ketones is 1. The van der Waals surface area contributed by atoms with Gasteiger partial charge in [0, 0.05) is 44.2 Å². The predicted octanol–water partition coefficient (Wildman–Crippen LogP) is 2.81. The van der Waals surface area contributed by atoms with Crippen molar-refractivity contribution in [1.29, 1.82) is 0 Å². The summed E-state index contributed by atoms with van der Waals surface area (Å²) in [5.41, 5.74) is 2.28. The molecular weight excluding hydrogens is 314 g/mol. The number of Topliss-reactive ketones (excluding diaryl/α,β-unsaturated/α-hetero) is 1. The van der Waals surface area contributed by atoms with Gasteiger partial charge >= 0.3 is 0 Å². The molecule has 2 aromatic heterocycles. The van der Waals surface area contributed by atoms with E-state index in [1.807, 2.05) is 29.8 Å². The third kappa shape index (κ3) is 3.89. The molecule has 0 aromatic carbocycles. The van der Waals surface area contributed by atoms with Crippen molar-refractivity contribution in [2.45, 2.75) is 46.5 Å². The fourth-order valence-corrected chi connectivity index (χ4v) is 3.40. The molecule has 134 valence electrons. The second kappa shape index (κ2) is 6.58. The van der Waals surface area contributed by atoms with Gasteiger partial charge in [-0.3, -0.25) is 4.79 Å². The maximum atomic E-state index is 12.4. The molecule has 2 heterocycles. The fourth-order valence-electron chi connectivity index (χ4n) is 3.40. The van der Waals surface area contributed by atoms with Crippen LogP contribution in [0.5, 0.6) is 0 Å². The molecule has 1 aliphatic rings. The van der Waals surface area contributed by atoms with Crippen LogP contribution in [0.4, 0.5) is 5.82 Å². The Hall–Kier alpha value is -2.24. The van der Waals surface area contributed by atoms with E-state index in [2.05, 4.69) is 25.8 Å². The van der Waals surface area contributed by atoms with Crippen molar-refractivity contribution >= 4 is 11.6 Å². The third-order valence-corrected chi connectivity index (χ3v) is 4.44. The lowest BCUT2D eigenvalue weighted by Gasteiger charge is -2.23. The number of nitrogens with zero attached hydrogens (tertiary/aromatic N) is 5. The highest BCUT2D eigenvalue weighted by Gasteiger charge is 2.25. The van der Waals surface area contributed by atoms with Gasteiger partial charge in [-0.05, 0) is 24.7 Å². The highest BCUT2D eigenvalue weighted by Crippen LogP contribution is 2.30. The van der Waals surface area contributed by atoms with Gasteiger partial charge in [-0.15, -0.1) is 0 Å². The van der Waals surface area contributed by atoms with Gasteiger partial charge in [-0.1, -0.05) is 20.8 Å². The summed E-state index contributed by atoms with van der Waals surface area (Å²) in [5.74, 6) is 2.50. The Bertz CT molecular complexity index is 788. The Morgan fingerprint density at radius 2 is 2.04 bits per heavy atom. The van der Waals surface area contributed by atoms with Crippen molar-refractivity contribution in [1.82, 2.24) is 19.5 Å². The quantitative estimate of drug-likeness (QED) is 0.837. The molecule has 0 saturated carbocycles. The molecule has 0 fully saturated rings. The zero-order chi connectivity index (χ0) is 18.2. The number of imidazole rings is 1. The number of aromatic nitrogens is 4. The third-order valence-electron chi connectivity index (χ3n) is 4.44. The number of hydrogen-bond donors (Lipinski definition) is 0. The van der Waals surface area contributed by atoms with Gasteiger partial charge in [0.25, 0.3) is 0 Å². The lowest BCUT2D eigenvalue weighted by molar-refractivity contribution is -0.119. The number of hydrogen-bond acceptors (Lipinski definition) is 5. The summed E-state index contributed by atoms with van der Waals surface area (Å²) in [6.45, 7) is 6.64. The lowest BCUT2D eigenvalue weighted by Crippen LogP contribution is -2.30. The van der Waals surface area contributed by atoms with Crippen LogP contribution in [0.3, 0.4) is 0 Å². The van der Waals surface area contributed by atoms with Gasteiger partial charge in [-0.25, -0.2) is 15.0 Å². The number of likely N-dealkylation sites (N-methyl/N-ethyl adjacent to an activating group) is 1. The zero-order valence-corrected chi connectivity index (χ0v) is 15.8. The van der Waals surface area contributed by atoms with Gasteiger partial charge in [0.1, 0.15) is 5.82 Å². The maximum Gasteiger partial charge on any atom is 0.198 e. The molecule has 25 heavy (non-hydrogen) atoms. The van der Waals surface area contributed by atoms with Crippen LogP contribution in [0.15, 0.2) is 12.4 Å². The molecule has 0 atom stereocenters. The summed E-state index contributed by atoms with van der Waals surface area (Å²) in [4.78, 5) is 28.3. The van der Waals surface area contributed by atoms with Crippen LogP contribution in [0.25, 0.3) is 11.6 Å². The van der Waals surface area contributed by atoms with Crippen molar-refractivity contribution in [3.63, 3.8) is 0 Å². The van der Waals surface area contributed by atoms with E-state index in [0.717, 1.165) is 36.6 Å². The largest absolute Gasteiger partial charge is 0.352 e. The van der Waals surface area contributed by atoms with Gasteiger partial charge in [-0.2, -0.15) is 0 Å². The molecule has 0 bridgehead atoms. The van der Waals surface area contributed by atoms with Crippen molar-refractivity contribution in [2.75, 3.05) is 18.5 Å². The molecule has 0 aliphatic heterocycles. The van der Waals surface area contributed by atoms with Crippen LogP contribution in [-0.2, 0) is 24.7 Å². The minimum absolute atomic E-state index is 0.00363. The Balaban J connectivity index is 1.91. The number of carbonyl (C=O) groups excluding carboxylic acids is 1. The van der Waals surface area contributed by atoms with Crippen LogP contribution >= 0.6 is 0 Å². The monoisotopic (exact) mass is 341 g/mol. The van der Waals surface area contributed by atoms with E-state index in [0.29, 0.717) is 18.8 Å². The van der Waals surface area contributed by atoms with Crippen LogP contribution < -0.4 is 4.90 Å². The first kappa shape index (κ1) is 17.6. The highest BCUT2D eigenvalue weighted by atomic mass is 16.1. The van der Waals surface area contributed by atoms with E-state index in [4.69, 9.17) is 9.97 Å². The average molecular weight is 341 g/mol. The second-order valence-corrected chi connectivity index (χ2v) is 8.14. The van der Waals surface area contributed by atoms with Crippen LogP contribution in [0.2, 0.25) is 0 Å². The standard InChI is InChI=1S/C19H27N5O/c1-19(2,3)11-13(25)12-24(5)17-14-7-6-8-15(14)21-16(22-17)18-20-9-10-23(18)4/h9-10H,6-8,11-12H2,1-5H3. The van der Waals surface area contributed by atoms with E-state index in [-0.39, 0.29) is 11.2 Å². The van der Waals surface area contributed by atoms with Crippen molar-refractivity contribution in [3.05, 3.63) is 23.7 Å². The summed E-state index contributed by atoms with van der Waals surface area (Å²) in [6.07, 6.45) is 7.24. The van der Waals surface area contributed by atoms with Gasteiger partial charge in [0.2, 0.25) is 0 Å². The van der Waals surface area contributed by atoms with Gasteiger partial charge < -0.3 is 9.47 Å². The Labute approximate surface area is 149 Å². The molecule has 0 unspecified atom stereocenters. The minimum Gasteiger partial charge on any atom is -0.352 e. The summed E-state index contributed by atoms with van der Waals surface area (Å²) in [7, 11) is 3.89. The summed E-state index contributed by atoms with van der Waals surface area (Å²) >= 11 is 0. The molecule has 6 heteroatoms. The number of carbonyl (C=O) groups is 1. The smallest absolute Gasteiger partial charge is 0.198 e. The normalized spacial score (nSPS) is 13.8.